The van der Waals surface area contributed by atoms with E-state index >= 15 is 0 Å². The molecule has 0 radical (unpaired) electrons. The Bertz CT molecular complexity index is 233. The van der Waals surface area contributed by atoms with E-state index in [1.165, 1.54) is 0 Å². The maximum Gasteiger partial charge on any atom is 0.335 e. The van der Waals surface area contributed by atoms with Gasteiger partial charge in [-0.15, -0.1) is 0 Å². The third-order valence-electron chi connectivity index (χ3n) is 2.13. The SMILES string of the molecule is CCO/C=C(\CC(O)C(=O)OCC)C(C)C. The summed E-state index contributed by atoms with van der Waals surface area (Å²) in [5.74, 6) is -0.346. The van der Waals surface area contributed by atoms with Crippen molar-refractivity contribution < 1.29 is 19.4 Å². The molecule has 4 nitrogen and oxygen atoms in total. The number of ether oxygens (including phenoxy) is 2. The van der Waals surface area contributed by atoms with Crippen molar-refractivity contribution in [2.24, 2.45) is 5.92 Å². The zero-order valence-electron chi connectivity index (χ0n) is 10.5. The van der Waals surface area contributed by atoms with Gasteiger partial charge in [0, 0.05) is 6.42 Å². The Balaban J connectivity index is 4.34. The number of aliphatic hydroxyl groups excluding tert-OH is 1. The quantitative estimate of drug-likeness (QED) is 0.536. The van der Waals surface area contributed by atoms with Crippen LogP contribution in [0.2, 0.25) is 0 Å². The van der Waals surface area contributed by atoms with E-state index in [4.69, 9.17) is 9.47 Å². The molecule has 0 aliphatic rings. The summed E-state index contributed by atoms with van der Waals surface area (Å²) in [5, 5.41) is 9.60. The van der Waals surface area contributed by atoms with Crippen LogP contribution in [-0.2, 0) is 14.3 Å². The van der Waals surface area contributed by atoms with Crippen molar-refractivity contribution in [2.75, 3.05) is 13.2 Å². The molecule has 0 aromatic heterocycles. The highest BCUT2D eigenvalue weighted by atomic mass is 16.5. The summed E-state index contributed by atoms with van der Waals surface area (Å²) >= 11 is 0. The summed E-state index contributed by atoms with van der Waals surface area (Å²) in [6, 6.07) is 0. The fourth-order valence-electron chi connectivity index (χ4n) is 1.16. The second-order valence-corrected chi connectivity index (χ2v) is 3.77. The Morgan fingerprint density at radius 2 is 1.94 bits per heavy atom. The van der Waals surface area contributed by atoms with Gasteiger partial charge in [0.1, 0.15) is 0 Å². The molecular formula is C12H22O4. The van der Waals surface area contributed by atoms with Crippen LogP contribution in [0.3, 0.4) is 0 Å². The van der Waals surface area contributed by atoms with Gasteiger partial charge in [-0.25, -0.2) is 4.79 Å². The average Bonchev–Trinajstić information content (AvgIpc) is 2.23. The highest BCUT2D eigenvalue weighted by molar-refractivity contribution is 5.74. The molecule has 1 atom stereocenters. The van der Waals surface area contributed by atoms with Gasteiger partial charge in [0.2, 0.25) is 0 Å². The van der Waals surface area contributed by atoms with Gasteiger partial charge in [0.15, 0.2) is 6.10 Å². The molecule has 0 aromatic carbocycles. The number of aliphatic hydroxyl groups is 1. The van der Waals surface area contributed by atoms with E-state index in [2.05, 4.69) is 0 Å². The number of esters is 1. The van der Waals surface area contributed by atoms with Crippen molar-refractivity contribution in [3.63, 3.8) is 0 Å². The van der Waals surface area contributed by atoms with Crippen LogP contribution < -0.4 is 0 Å². The molecule has 0 amide bonds. The number of carbonyl (C=O) groups excluding carboxylic acids is 1. The van der Waals surface area contributed by atoms with Gasteiger partial charge in [-0.3, -0.25) is 0 Å². The zero-order chi connectivity index (χ0) is 12.6. The van der Waals surface area contributed by atoms with Gasteiger partial charge < -0.3 is 14.6 Å². The number of carbonyl (C=O) groups is 1. The van der Waals surface area contributed by atoms with Crippen molar-refractivity contribution in [3.05, 3.63) is 11.8 Å². The van der Waals surface area contributed by atoms with E-state index in [0.717, 1.165) is 5.57 Å². The molecule has 16 heavy (non-hydrogen) atoms. The van der Waals surface area contributed by atoms with Gasteiger partial charge in [-0.05, 0) is 25.3 Å². The Morgan fingerprint density at radius 1 is 1.31 bits per heavy atom. The molecule has 0 rings (SSSR count). The van der Waals surface area contributed by atoms with E-state index in [1.54, 1.807) is 13.2 Å². The Morgan fingerprint density at radius 3 is 2.38 bits per heavy atom. The van der Waals surface area contributed by atoms with Crippen LogP contribution in [0.15, 0.2) is 11.8 Å². The van der Waals surface area contributed by atoms with E-state index in [1.807, 2.05) is 20.8 Å². The molecule has 0 aliphatic carbocycles. The van der Waals surface area contributed by atoms with Crippen molar-refractivity contribution in [2.45, 2.75) is 40.2 Å². The topological polar surface area (TPSA) is 55.8 Å². The smallest absolute Gasteiger partial charge is 0.335 e. The van der Waals surface area contributed by atoms with E-state index in [0.29, 0.717) is 6.61 Å². The maximum absolute atomic E-state index is 11.2. The Kier molecular flexibility index (Phi) is 7.64. The van der Waals surface area contributed by atoms with E-state index < -0.39 is 12.1 Å². The third kappa shape index (κ3) is 5.75. The highest BCUT2D eigenvalue weighted by Gasteiger charge is 2.19. The molecule has 1 N–H and O–H groups in total. The predicted molar refractivity (Wildman–Crippen MR) is 61.8 cm³/mol. The van der Waals surface area contributed by atoms with Crippen LogP contribution in [0.4, 0.5) is 0 Å². The fourth-order valence-corrected chi connectivity index (χ4v) is 1.16. The lowest BCUT2D eigenvalue weighted by Crippen LogP contribution is -2.24. The standard InChI is InChI=1S/C12H22O4/c1-5-15-8-10(9(3)4)7-11(13)12(14)16-6-2/h8-9,11,13H,5-7H2,1-4H3/b10-8+. The van der Waals surface area contributed by atoms with Crippen LogP contribution in [-0.4, -0.2) is 30.4 Å². The number of hydrogen-bond acceptors (Lipinski definition) is 4. The molecule has 0 bridgehead atoms. The van der Waals surface area contributed by atoms with Crippen molar-refractivity contribution >= 4 is 5.97 Å². The molecule has 4 heteroatoms. The molecule has 0 saturated heterocycles. The molecule has 0 saturated carbocycles. The van der Waals surface area contributed by atoms with Gasteiger partial charge in [-0.2, -0.15) is 0 Å². The minimum absolute atomic E-state index is 0.232. The van der Waals surface area contributed by atoms with Crippen LogP contribution >= 0.6 is 0 Å². The highest BCUT2D eigenvalue weighted by Crippen LogP contribution is 2.16. The van der Waals surface area contributed by atoms with Gasteiger partial charge in [-0.1, -0.05) is 13.8 Å². The molecule has 0 aromatic rings. The molecule has 1 unspecified atom stereocenters. The van der Waals surface area contributed by atoms with Crippen molar-refractivity contribution in [1.82, 2.24) is 0 Å². The van der Waals surface area contributed by atoms with Crippen molar-refractivity contribution in [3.8, 4) is 0 Å². The summed E-state index contributed by atoms with van der Waals surface area (Å²) in [7, 11) is 0. The first-order valence-electron chi connectivity index (χ1n) is 5.68. The maximum atomic E-state index is 11.2. The summed E-state index contributed by atoms with van der Waals surface area (Å²) < 4.78 is 9.90. The van der Waals surface area contributed by atoms with E-state index in [-0.39, 0.29) is 18.9 Å². The number of rotatable bonds is 7. The van der Waals surface area contributed by atoms with Gasteiger partial charge >= 0.3 is 5.97 Å². The minimum Gasteiger partial charge on any atom is -0.502 e. The lowest BCUT2D eigenvalue weighted by Gasteiger charge is -2.15. The first kappa shape index (κ1) is 15.0. The second kappa shape index (κ2) is 8.16. The first-order chi connectivity index (χ1) is 7.52. The lowest BCUT2D eigenvalue weighted by molar-refractivity contribution is -0.152. The monoisotopic (exact) mass is 230 g/mol. The molecular weight excluding hydrogens is 208 g/mol. The average molecular weight is 230 g/mol. The third-order valence-corrected chi connectivity index (χ3v) is 2.13. The largest absolute Gasteiger partial charge is 0.502 e. The summed E-state index contributed by atoms with van der Waals surface area (Å²) in [4.78, 5) is 11.2. The van der Waals surface area contributed by atoms with Crippen LogP contribution in [0.25, 0.3) is 0 Å². The molecule has 0 heterocycles. The summed E-state index contributed by atoms with van der Waals surface area (Å²) in [5.41, 5.74) is 0.905. The Labute approximate surface area is 97.2 Å². The second-order valence-electron chi connectivity index (χ2n) is 3.77. The summed E-state index contributed by atoms with van der Waals surface area (Å²) in [6.45, 7) is 8.43. The molecule has 0 aliphatic heterocycles. The van der Waals surface area contributed by atoms with Crippen LogP contribution in [0.1, 0.15) is 34.1 Å². The Hall–Kier alpha value is -1.03. The van der Waals surface area contributed by atoms with Crippen molar-refractivity contribution in [1.29, 1.82) is 0 Å². The summed E-state index contributed by atoms with van der Waals surface area (Å²) in [6.07, 6.45) is 0.776. The first-order valence-corrected chi connectivity index (χ1v) is 5.68. The van der Waals surface area contributed by atoms with Gasteiger partial charge in [0.05, 0.1) is 19.5 Å². The molecule has 0 spiro atoms. The van der Waals surface area contributed by atoms with E-state index in [9.17, 15) is 9.90 Å². The minimum atomic E-state index is -1.10. The van der Waals surface area contributed by atoms with Gasteiger partial charge in [0.25, 0.3) is 0 Å². The van der Waals surface area contributed by atoms with Crippen LogP contribution in [0.5, 0.6) is 0 Å². The van der Waals surface area contributed by atoms with Crippen LogP contribution in [0, 0.1) is 5.92 Å². The predicted octanol–water partition coefficient (Wildman–Crippen LogP) is 1.88. The molecule has 0 fully saturated rings. The molecule has 94 valence electrons. The fraction of sp³-hybridized carbons (Fsp3) is 0.750. The lowest BCUT2D eigenvalue weighted by atomic mass is 9.98. The normalized spacial score (nSPS) is 13.8. The zero-order valence-corrected chi connectivity index (χ0v) is 10.5. The number of hydrogen-bond donors (Lipinski definition) is 1.